The smallest absolute Gasteiger partial charge is 0.241 e. The zero-order chi connectivity index (χ0) is 18.4. The number of benzene rings is 2. The number of hydrogen-bond donors (Lipinski definition) is 1. The van der Waals surface area contributed by atoms with E-state index >= 15 is 0 Å². The lowest BCUT2D eigenvalue weighted by Gasteiger charge is -2.25. The van der Waals surface area contributed by atoms with E-state index in [1.807, 2.05) is 44.3 Å². The average molecular weight is 338 g/mol. The highest BCUT2D eigenvalue weighted by Gasteiger charge is 2.20. The first-order chi connectivity index (χ1) is 11.9. The van der Waals surface area contributed by atoms with Crippen molar-refractivity contribution in [3.8, 4) is 0 Å². The van der Waals surface area contributed by atoms with Crippen LogP contribution in [0.5, 0.6) is 0 Å². The van der Waals surface area contributed by atoms with E-state index in [4.69, 9.17) is 0 Å². The van der Waals surface area contributed by atoms with Crippen LogP contribution in [-0.4, -0.2) is 23.9 Å². The van der Waals surface area contributed by atoms with Crippen molar-refractivity contribution in [2.45, 2.75) is 52.6 Å². The van der Waals surface area contributed by atoms with E-state index in [-0.39, 0.29) is 11.9 Å². The first-order valence-electron chi connectivity index (χ1n) is 9.08. The Bertz CT molecular complexity index is 711. The Kier molecular flexibility index (Phi) is 6.77. The minimum Gasteiger partial charge on any atom is -0.324 e. The van der Waals surface area contributed by atoms with Crippen LogP contribution in [0.15, 0.2) is 48.5 Å². The van der Waals surface area contributed by atoms with E-state index in [1.165, 1.54) is 16.7 Å². The van der Waals surface area contributed by atoms with Crippen LogP contribution in [0, 0.1) is 6.92 Å². The molecule has 0 aliphatic carbocycles. The van der Waals surface area contributed by atoms with Gasteiger partial charge in [-0.25, -0.2) is 0 Å². The summed E-state index contributed by atoms with van der Waals surface area (Å²) in [5.41, 5.74) is 4.64. The lowest BCUT2D eigenvalue weighted by molar-refractivity contribution is -0.120. The van der Waals surface area contributed by atoms with Crippen LogP contribution >= 0.6 is 0 Å². The summed E-state index contributed by atoms with van der Waals surface area (Å²) in [4.78, 5) is 14.8. The number of nitrogens with one attached hydrogen (secondary N) is 1. The van der Waals surface area contributed by atoms with Gasteiger partial charge in [0.15, 0.2) is 0 Å². The molecular formula is C22H30N2O. The molecule has 3 nitrogen and oxygen atoms in total. The fraction of sp³-hybridized carbons (Fsp3) is 0.409. The molecule has 2 atom stereocenters. The third-order valence-corrected chi connectivity index (χ3v) is 5.08. The van der Waals surface area contributed by atoms with E-state index < -0.39 is 0 Å². The second-order valence-electron chi connectivity index (χ2n) is 6.90. The number of amides is 1. The third-order valence-electron chi connectivity index (χ3n) is 5.08. The predicted octanol–water partition coefficient (Wildman–Crippen LogP) is 4.97. The molecule has 134 valence electrons. The van der Waals surface area contributed by atoms with Gasteiger partial charge in [0.05, 0.1) is 6.04 Å². The predicted molar refractivity (Wildman–Crippen MR) is 106 cm³/mol. The molecule has 0 spiro atoms. The van der Waals surface area contributed by atoms with Crippen molar-refractivity contribution in [3.63, 3.8) is 0 Å². The van der Waals surface area contributed by atoms with Gasteiger partial charge in [0.25, 0.3) is 0 Å². The molecule has 0 aliphatic heterocycles. The van der Waals surface area contributed by atoms with Crippen LogP contribution in [0.1, 0.15) is 49.8 Å². The van der Waals surface area contributed by atoms with Gasteiger partial charge in [0, 0.05) is 12.2 Å². The van der Waals surface area contributed by atoms with Gasteiger partial charge < -0.3 is 5.32 Å². The maximum atomic E-state index is 12.7. The monoisotopic (exact) mass is 338 g/mol. The summed E-state index contributed by atoms with van der Waals surface area (Å²) in [6, 6.07) is 16.2. The molecule has 0 fully saturated rings. The molecule has 0 radical (unpaired) electrons. The van der Waals surface area contributed by atoms with E-state index in [1.54, 1.807) is 0 Å². The van der Waals surface area contributed by atoms with Crippen LogP contribution < -0.4 is 5.32 Å². The first-order valence-corrected chi connectivity index (χ1v) is 9.08. The van der Waals surface area contributed by atoms with E-state index in [2.05, 4.69) is 49.2 Å². The van der Waals surface area contributed by atoms with Crippen LogP contribution in [0.2, 0.25) is 0 Å². The van der Waals surface area contributed by atoms with Crippen molar-refractivity contribution >= 4 is 11.6 Å². The molecule has 1 amide bonds. The second-order valence-corrected chi connectivity index (χ2v) is 6.90. The van der Waals surface area contributed by atoms with Gasteiger partial charge in [-0.3, -0.25) is 9.69 Å². The molecule has 1 N–H and O–H groups in total. The normalized spacial score (nSPS) is 13.5. The molecular weight excluding hydrogens is 308 g/mol. The largest absolute Gasteiger partial charge is 0.324 e. The van der Waals surface area contributed by atoms with Crippen LogP contribution in [-0.2, 0) is 11.3 Å². The Morgan fingerprint density at radius 3 is 2.40 bits per heavy atom. The molecule has 2 aromatic carbocycles. The van der Waals surface area contributed by atoms with Crippen molar-refractivity contribution < 1.29 is 4.79 Å². The Balaban J connectivity index is 2.07. The number of likely N-dealkylation sites (N-methyl/N-ethyl adjacent to an activating group) is 1. The number of hydrogen-bond acceptors (Lipinski definition) is 2. The van der Waals surface area contributed by atoms with Crippen LogP contribution in [0.3, 0.4) is 0 Å². The van der Waals surface area contributed by atoms with Gasteiger partial charge in [0.1, 0.15) is 0 Å². The topological polar surface area (TPSA) is 32.3 Å². The molecule has 0 saturated heterocycles. The fourth-order valence-electron chi connectivity index (χ4n) is 2.89. The maximum absolute atomic E-state index is 12.7. The summed E-state index contributed by atoms with van der Waals surface area (Å²) in [5.74, 6) is 0.461. The van der Waals surface area contributed by atoms with E-state index in [0.717, 1.165) is 18.7 Å². The zero-order valence-electron chi connectivity index (χ0n) is 16.0. The molecule has 0 aromatic heterocycles. The second kappa shape index (κ2) is 8.82. The van der Waals surface area contributed by atoms with Crippen molar-refractivity contribution in [1.82, 2.24) is 4.90 Å². The molecule has 25 heavy (non-hydrogen) atoms. The number of anilines is 1. The lowest BCUT2D eigenvalue weighted by atomic mass is 9.97. The standard InChI is InChI=1S/C22H30N2O/c1-6-16(2)20-13-9-10-14-21(20)23-22(25)18(4)24(5)15-19-12-8-7-11-17(19)3/h7-14,16,18H,6,15H2,1-5H3,(H,23,25)/t16-,18+/m1/s1. The van der Waals surface area contributed by atoms with E-state index in [0.29, 0.717) is 5.92 Å². The molecule has 0 heterocycles. The number of carbonyl (C=O) groups is 1. The highest BCUT2D eigenvalue weighted by molar-refractivity contribution is 5.95. The average Bonchev–Trinajstić information content (AvgIpc) is 2.62. The number of para-hydroxylation sites is 1. The summed E-state index contributed by atoms with van der Waals surface area (Å²) < 4.78 is 0. The fourth-order valence-corrected chi connectivity index (χ4v) is 2.89. The molecule has 0 bridgehead atoms. The number of nitrogens with zero attached hydrogens (tertiary/aromatic N) is 1. The van der Waals surface area contributed by atoms with Crippen molar-refractivity contribution in [1.29, 1.82) is 0 Å². The Hall–Kier alpha value is -2.13. The first kappa shape index (κ1) is 19.2. The maximum Gasteiger partial charge on any atom is 0.241 e. The highest BCUT2D eigenvalue weighted by Crippen LogP contribution is 2.26. The molecule has 0 aliphatic rings. The van der Waals surface area contributed by atoms with Crippen molar-refractivity contribution in [2.75, 3.05) is 12.4 Å². The summed E-state index contributed by atoms with van der Waals surface area (Å²) in [6.45, 7) is 9.19. The highest BCUT2D eigenvalue weighted by atomic mass is 16.2. The van der Waals surface area contributed by atoms with Gasteiger partial charge in [-0.1, -0.05) is 56.3 Å². The molecule has 3 heteroatoms. The molecule has 2 rings (SSSR count). The van der Waals surface area contributed by atoms with Crippen LogP contribution in [0.25, 0.3) is 0 Å². The van der Waals surface area contributed by atoms with Crippen molar-refractivity contribution in [3.05, 3.63) is 65.2 Å². The van der Waals surface area contributed by atoms with Crippen LogP contribution in [0.4, 0.5) is 5.69 Å². The SMILES string of the molecule is CC[C@@H](C)c1ccccc1NC(=O)[C@H](C)N(C)Cc1ccccc1C. The number of aryl methyl sites for hydroxylation is 1. The van der Waals surface area contributed by atoms with Gasteiger partial charge in [-0.2, -0.15) is 0 Å². The summed E-state index contributed by atoms with van der Waals surface area (Å²) in [6.07, 6.45) is 1.05. The summed E-state index contributed by atoms with van der Waals surface area (Å²) in [5, 5.41) is 3.13. The Morgan fingerprint density at radius 2 is 1.72 bits per heavy atom. The number of rotatable bonds is 7. The van der Waals surface area contributed by atoms with Gasteiger partial charge in [0.2, 0.25) is 5.91 Å². The molecule has 0 saturated carbocycles. The van der Waals surface area contributed by atoms with Crippen molar-refractivity contribution in [2.24, 2.45) is 0 Å². The Morgan fingerprint density at radius 1 is 1.08 bits per heavy atom. The molecule has 2 aromatic rings. The summed E-state index contributed by atoms with van der Waals surface area (Å²) in [7, 11) is 2.00. The van der Waals surface area contributed by atoms with Gasteiger partial charge in [-0.15, -0.1) is 0 Å². The molecule has 0 unspecified atom stereocenters. The third kappa shape index (κ3) is 4.93. The van der Waals surface area contributed by atoms with E-state index in [9.17, 15) is 4.79 Å². The Labute approximate surface area is 152 Å². The zero-order valence-corrected chi connectivity index (χ0v) is 16.0. The number of carbonyl (C=O) groups excluding carboxylic acids is 1. The lowest BCUT2D eigenvalue weighted by Crippen LogP contribution is -2.39. The quantitative estimate of drug-likeness (QED) is 0.773. The minimum atomic E-state index is -0.204. The van der Waals surface area contributed by atoms with Gasteiger partial charge in [-0.05, 0) is 56.0 Å². The van der Waals surface area contributed by atoms with Gasteiger partial charge >= 0.3 is 0 Å². The summed E-state index contributed by atoms with van der Waals surface area (Å²) >= 11 is 0. The minimum absolute atomic E-state index is 0.0341.